The van der Waals surface area contributed by atoms with Gasteiger partial charge in [-0.05, 0) is 18.2 Å². The van der Waals surface area contributed by atoms with Gasteiger partial charge in [-0.15, -0.1) is 0 Å². The molecule has 1 aromatic carbocycles. The van der Waals surface area contributed by atoms with E-state index in [-0.39, 0.29) is 12.1 Å². The lowest BCUT2D eigenvalue weighted by atomic mass is 9.84. The lowest BCUT2D eigenvalue weighted by Crippen LogP contribution is -2.33. The maximum absolute atomic E-state index is 8.81. The first-order chi connectivity index (χ1) is 7.51. The smallest absolute Gasteiger partial charge is 0.122 e. The van der Waals surface area contributed by atoms with Crippen LogP contribution in [0.3, 0.4) is 0 Å². The third kappa shape index (κ3) is 3.20. The molecule has 0 aromatic heterocycles. The van der Waals surface area contributed by atoms with Crippen LogP contribution in [-0.2, 0) is 5.41 Å². The predicted molar refractivity (Wildman–Crippen MR) is 68.8 cm³/mol. The fraction of sp³-hybridized carbons (Fsp3) is 0.500. The highest BCUT2D eigenvalue weighted by Crippen LogP contribution is 2.33. The fourth-order valence-corrected chi connectivity index (χ4v) is 2.03. The Balaban J connectivity index is 3.04. The van der Waals surface area contributed by atoms with Gasteiger partial charge in [0, 0.05) is 22.0 Å². The molecule has 0 bridgehead atoms. The summed E-state index contributed by atoms with van der Waals surface area (Å²) in [6.07, 6.45) is 0. The van der Waals surface area contributed by atoms with Gasteiger partial charge in [-0.2, -0.15) is 0 Å². The van der Waals surface area contributed by atoms with E-state index < -0.39 is 0 Å². The average Bonchev–Trinajstić information content (AvgIpc) is 2.26. The van der Waals surface area contributed by atoms with Crippen LogP contribution in [0.25, 0.3) is 0 Å². The Morgan fingerprint density at radius 3 is 2.69 bits per heavy atom. The quantitative estimate of drug-likeness (QED) is 0.817. The van der Waals surface area contributed by atoms with Crippen molar-refractivity contribution in [2.24, 2.45) is 0 Å². The van der Waals surface area contributed by atoms with E-state index in [1.54, 1.807) is 7.11 Å². The van der Waals surface area contributed by atoms with Crippen LogP contribution in [-0.4, -0.2) is 25.5 Å². The second-order valence-electron chi connectivity index (χ2n) is 4.31. The monoisotopic (exact) mass is 287 g/mol. The molecule has 0 unspecified atom stereocenters. The molecule has 3 nitrogen and oxygen atoms in total. The molecule has 0 atom stereocenters. The van der Waals surface area contributed by atoms with Gasteiger partial charge in [-0.25, -0.2) is 0 Å². The lowest BCUT2D eigenvalue weighted by Gasteiger charge is -2.27. The summed E-state index contributed by atoms with van der Waals surface area (Å²) in [7, 11) is 1.67. The van der Waals surface area contributed by atoms with Gasteiger partial charge >= 0.3 is 0 Å². The number of aliphatic hydroxyl groups is 1. The zero-order chi connectivity index (χ0) is 12.2. The van der Waals surface area contributed by atoms with E-state index in [0.29, 0.717) is 6.54 Å². The Labute approximate surface area is 105 Å². The molecule has 90 valence electrons. The second kappa shape index (κ2) is 5.66. The molecule has 2 N–H and O–H groups in total. The molecule has 0 heterocycles. The van der Waals surface area contributed by atoms with Crippen LogP contribution in [0.1, 0.15) is 19.4 Å². The van der Waals surface area contributed by atoms with E-state index in [1.807, 2.05) is 12.1 Å². The minimum absolute atomic E-state index is 0.0141. The minimum atomic E-state index is -0.0994. The molecular weight excluding hydrogens is 270 g/mol. The van der Waals surface area contributed by atoms with Gasteiger partial charge in [-0.3, -0.25) is 5.32 Å². The molecule has 0 saturated carbocycles. The van der Waals surface area contributed by atoms with Crippen LogP contribution in [0, 0.1) is 0 Å². The SMILES string of the molecule is COc1ccc(Br)cc1C(C)(C)CNCO. The topological polar surface area (TPSA) is 41.5 Å². The van der Waals surface area contributed by atoms with E-state index in [4.69, 9.17) is 9.84 Å². The normalized spacial score (nSPS) is 11.6. The van der Waals surface area contributed by atoms with Crippen molar-refractivity contribution in [2.45, 2.75) is 19.3 Å². The summed E-state index contributed by atoms with van der Waals surface area (Å²) in [5, 5.41) is 11.7. The van der Waals surface area contributed by atoms with E-state index >= 15 is 0 Å². The molecule has 0 radical (unpaired) electrons. The van der Waals surface area contributed by atoms with Gasteiger partial charge < -0.3 is 9.84 Å². The van der Waals surface area contributed by atoms with Gasteiger partial charge in [0.1, 0.15) is 5.75 Å². The van der Waals surface area contributed by atoms with Gasteiger partial charge in [0.15, 0.2) is 0 Å². The Morgan fingerprint density at radius 1 is 1.44 bits per heavy atom. The van der Waals surface area contributed by atoms with Crippen molar-refractivity contribution < 1.29 is 9.84 Å². The van der Waals surface area contributed by atoms with E-state index in [0.717, 1.165) is 15.8 Å². The summed E-state index contributed by atoms with van der Waals surface area (Å²) in [6, 6.07) is 5.95. The number of rotatable bonds is 5. The van der Waals surface area contributed by atoms with Crippen LogP contribution in [0.15, 0.2) is 22.7 Å². The van der Waals surface area contributed by atoms with Crippen LogP contribution in [0.5, 0.6) is 5.75 Å². The molecule has 0 aliphatic rings. The Bertz CT molecular complexity index is 353. The number of ether oxygens (including phenoxy) is 1. The first-order valence-electron chi connectivity index (χ1n) is 5.17. The molecule has 1 aromatic rings. The summed E-state index contributed by atoms with van der Waals surface area (Å²) in [6.45, 7) is 4.90. The Hall–Kier alpha value is -0.580. The predicted octanol–water partition coefficient (Wildman–Crippen LogP) is 2.27. The average molecular weight is 288 g/mol. The van der Waals surface area contributed by atoms with E-state index in [9.17, 15) is 0 Å². The summed E-state index contributed by atoms with van der Waals surface area (Å²) < 4.78 is 6.38. The standard InChI is InChI=1S/C12H18BrNO2/c1-12(2,7-14-8-15)10-6-9(13)4-5-11(10)16-3/h4-6,14-15H,7-8H2,1-3H3. The fourth-order valence-electron chi connectivity index (χ4n) is 1.67. The van der Waals surface area contributed by atoms with Crippen molar-refractivity contribution in [2.75, 3.05) is 20.4 Å². The van der Waals surface area contributed by atoms with Gasteiger partial charge in [0.2, 0.25) is 0 Å². The van der Waals surface area contributed by atoms with Crippen LogP contribution in [0.2, 0.25) is 0 Å². The number of benzene rings is 1. The van der Waals surface area contributed by atoms with Crippen molar-refractivity contribution in [3.8, 4) is 5.75 Å². The highest BCUT2D eigenvalue weighted by Gasteiger charge is 2.24. The van der Waals surface area contributed by atoms with Crippen molar-refractivity contribution in [3.63, 3.8) is 0 Å². The molecule has 0 aliphatic carbocycles. The number of halogens is 1. The minimum Gasteiger partial charge on any atom is -0.496 e. The van der Waals surface area contributed by atoms with Crippen molar-refractivity contribution in [1.82, 2.24) is 5.32 Å². The molecule has 4 heteroatoms. The highest BCUT2D eigenvalue weighted by molar-refractivity contribution is 9.10. The molecule has 16 heavy (non-hydrogen) atoms. The van der Waals surface area contributed by atoms with E-state index in [1.165, 1.54) is 0 Å². The van der Waals surface area contributed by atoms with Crippen molar-refractivity contribution in [1.29, 1.82) is 0 Å². The Morgan fingerprint density at radius 2 is 2.12 bits per heavy atom. The summed E-state index contributed by atoms with van der Waals surface area (Å²) in [5.74, 6) is 0.868. The summed E-state index contributed by atoms with van der Waals surface area (Å²) >= 11 is 3.46. The van der Waals surface area contributed by atoms with Crippen molar-refractivity contribution >= 4 is 15.9 Å². The van der Waals surface area contributed by atoms with Crippen LogP contribution < -0.4 is 10.1 Å². The highest BCUT2D eigenvalue weighted by atomic mass is 79.9. The number of hydrogen-bond donors (Lipinski definition) is 2. The van der Waals surface area contributed by atoms with Crippen molar-refractivity contribution in [3.05, 3.63) is 28.2 Å². The molecule has 0 spiro atoms. The third-order valence-electron chi connectivity index (χ3n) is 2.57. The number of nitrogens with one attached hydrogen (secondary N) is 1. The zero-order valence-electron chi connectivity index (χ0n) is 9.88. The first kappa shape index (κ1) is 13.5. The number of aliphatic hydroxyl groups excluding tert-OH is 1. The maximum Gasteiger partial charge on any atom is 0.122 e. The summed E-state index contributed by atoms with van der Waals surface area (Å²) in [5.41, 5.74) is 1.02. The molecule has 0 amide bonds. The number of methoxy groups -OCH3 is 1. The zero-order valence-corrected chi connectivity index (χ0v) is 11.5. The van der Waals surface area contributed by atoms with Gasteiger partial charge in [0.25, 0.3) is 0 Å². The summed E-state index contributed by atoms with van der Waals surface area (Å²) in [4.78, 5) is 0. The Kier molecular flexibility index (Phi) is 4.77. The molecule has 0 aliphatic heterocycles. The molecular formula is C12H18BrNO2. The lowest BCUT2D eigenvalue weighted by molar-refractivity contribution is 0.246. The van der Waals surface area contributed by atoms with Crippen LogP contribution in [0.4, 0.5) is 0 Å². The number of hydrogen-bond acceptors (Lipinski definition) is 3. The maximum atomic E-state index is 8.81. The van der Waals surface area contributed by atoms with Crippen LogP contribution >= 0.6 is 15.9 Å². The van der Waals surface area contributed by atoms with E-state index in [2.05, 4.69) is 41.2 Å². The third-order valence-corrected chi connectivity index (χ3v) is 3.06. The van der Waals surface area contributed by atoms with Gasteiger partial charge in [-0.1, -0.05) is 29.8 Å². The second-order valence-corrected chi connectivity index (χ2v) is 5.23. The molecule has 0 fully saturated rings. The molecule has 0 saturated heterocycles. The van der Waals surface area contributed by atoms with Gasteiger partial charge in [0.05, 0.1) is 13.8 Å². The largest absolute Gasteiger partial charge is 0.496 e. The first-order valence-corrected chi connectivity index (χ1v) is 5.96. The molecule has 1 rings (SSSR count).